The second-order valence-electron chi connectivity index (χ2n) is 2.74. The van der Waals surface area contributed by atoms with E-state index in [2.05, 4.69) is 4.98 Å². The Morgan fingerprint density at radius 3 is 2.57 bits per heavy atom. The molecule has 0 fully saturated rings. The van der Waals surface area contributed by atoms with Crippen LogP contribution >= 0.6 is 23.2 Å². The fourth-order valence-corrected chi connectivity index (χ4v) is 1.22. The van der Waals surface area contributed by atoms with Gasteiger partial charge in [-0.25, -0.2) is 13.8 Å². The van der Waals surface area contributed by atoms with Crippen LogP contribution < -0.4 is 5.73 Å². The van der Waals surface area contributed by atoms with E-state index >= 15 is 0 Å². The fourth-order valence-electron chi connectivity index (χ4n) is 0.947. The third-order valence-corrected chi connectivity index (χ3v) is 2.36. The van der Waals surface area contributed by atoms with E-state index < -0.39 is 12.3 Å². The number of hydrogen-bond acceptors (Lipinski definition) is 2. The number of aromatic nitrogens is 1. The van der Waals surface area contributed by atoms with Gasteiger partial charge in [-0.15, -0.1) is 0 Å². The van der Waals surface area contributed by atoms with Crippen molar-refractivity contribution in [1.29, 1.82) is 0 Å². The van der Waals surface area contributed by atoms with Crippen molar-refractivity contribution in [2.75, 3.05) is 6.54 Å². The number of nitrogens with zero attached hydrogens (tertiary/aromatic N) is 1. The summed E-state index contributed by atoms with van der Waals surface area (Å²) in [7, 11) is 0. The average Bonchev–Trinajstić information content (AvgIpc) is 2.09. The lowest BCUT2D eigenvalue weighted by atomic mass is 10.1. The van der Waals surface area contributed by atoms with Crippen LogP contribution in [0.15, 0.2) is 12.3 Å². The van der Waals surface area contributed by atoms with E-state index in [9.17, 15) is 8.78 Å². The molecule has 1 aromatic rings. The number of halogens is 4. The van der Waals surface area contributed by atoms with Crippen molar-refractivity contribution in [3.05, 3.63) is 28.0 Å². The molecule has 0 saturated carbocycles. The molecule has 0 aromatic carbocycles. The first kappa shape index (κ1) is 11.6. The second-order valence-corrected chi connectivity index (χ2v) is 3.50. The van der Waals surface area contributed by atoms with Gasteiger partial charge in [0.1, 0.15) is 5.15 Å². The van der Waals surface area contributed by atoms with Crippen molar-refractivity contribution in [3.63, 3.8) is 0 Å². The van der Waals surface area contributed by atoms with Gasteiger partial charge in [0.2, 0.25) is 0 Å². The molecule has 0 aliphatic carbocycles. The van der Waals surface area contributed by atoms with Crippen molar-refractivity contribution < 1.29 is 8.78 Å². The molecule has 1 heterocycles. The smallest absolute Gasteiger partial charge is 0.276 e. The molecule has 0 radical (unpaired) electrons. The Morgan fingerprint density at radius 1 is 1.43 bits per heavy atom. The van der Waals surface area contributed by atoms with Crippen LogP contribution in [-0.4, -0.2) is 11.5 Å². The summed E-state index contributed by atoms with van der Waals surface area (Å²) >= 11 is 11.1. The molecular weight excluding hydrogens is 233 g/mol. The van der Waals surface area contributed by atoms with E-state index in [1.165, 1.54) is 0 Å². The molecular formula is C8H8Cl2F2N2. The lowest BCUT2D eigenvalue weighted by molar-refractivity contribution is -0.0110. The van der Waals surface area contributed by atoms with Gasteiger partial charge in [0.05, 0.1) is 5.02 Å². The molecule has 78 valence electrons. The molecule has 6 heteroatoms. The van der Waals surface area contributed by atoms with Crippen LogP contribution in [0.4, 0.5) is 8.78 Å². The normalized spacial score (nSPS) is 11.8. The molecule has 0 spiro atoms. The summed E-state index contributed by atoms with van der Waals surface area (Å²) in [6, 6.07) is 1.10. The SMILES string of the molecule is NCCC(F)(F)c1cnc(Cl)c(Cl)c1. The van der Waals surface area contributed by atoms with Crippen molar-refractivity contribution in [3.8, 4) is 0 Å². The van der Waals surface area contributed by atoms with Crippen LogP contribution in [-0.2, 0) is 5.92 Å². The van der Waals surface area contributed by atoms with Crippen LogP contribution in [0.5, 0.6) is 0 Å². The van der Waals surface area contributed by atoms with Crippen molar-refractivity contribution in [2.45, 2.75) is 12.3 Å². The second kappa shape index (κ2) is 4.38. The molecule has 2 N–H and O–H groups in total. The summed E-state index contributed by atoms with van der Waals surface area (Å²) in [4.78, 5) is 3.54. The minimum atomic E-state index is -3.00. The maximum atomic E-state index is 13.2. The molecule has 0 unspecified atom stereocenters. The maximum absolute atomic E-state index is 13.2. The Bertz CT molecular complexity index is 331. The van der Waals surface area contributed by atoms with E-state index in [0.29, 0.717) is 0 Å². The average molecular weight is 241 g/mol. The van der Waals surface area contributed by atoms with Gasteiger partial charge in [-0.05, 0) is 12.6 Å². The highest BCUT2D eigenvalue weighted by Gasteiger charge is 2.31. The van der Waals surface area contributed by atoms with Gasteiger partial charge in [0, 0.05) is 18.2 Å². The first-order valence-electron chi connectivity index (χ1n) is 3.87. The van der Waals surface area contributed by atoms with Crippen molar-refractivity contribution >= 4 is 23.2 Å². The van der Waals surface area contributed by atoms with E-state index in [0.717, 1.165) is 12.3 Å². The summed E-state index contributed by atoms with van der Waals surface area (Å²) in [5, 5.41) is 0.0276. The van der Waals surface area contributed by atoms with E-state index in [1.807, 2.05) is 0 Å². The topological polar surface area (TPSA) is 38.9 Å². The molecule has 0 bridgehead atoms. The highest BCUT2D eigenvalue weighted by Crippen LogP contribution is 2.33. The van der Waals surface area contributed by atoms with Gasteiger partial charge in [0.15, 0.2) is 0 Å². The van der Waals surface area contributed by atoms with Crippen LogP contribution in [0.3, 0.4) is 0 Å². The predicted octanol–water partition coefficient (Wildman–Crippen LogP) is 2.83. The third-order valence-electron chi connectivity index (χ3n) is 1.68. The third kappa shape index (κ3) is 2.53. The van der Waals surface area contributed by atoms with Crippen molar-refractivity contribution in [1.82, 2.24) is 4.98 Å². The number of alkyl halides is 2. The Morgan fingerprint density at radius 2 is 2.07 bits per heavy atom. The van der Waals surface area contributed by atoms with Crippen molar-refractivity contribution in [2.24, 2.45) is 5.73 Å². The lowest BCUT2D eigenvalue weighted by Crippen LogP contribution is -2.18. The quantitative estimate of drug-likeness (QED) is 0.826. The minimum absolute atomic E-state index is 0.0129. The molecule has 0 amide bonds. The monoisotopic (exact) mass is 240 g/mol. The van der Waals surface area contributed by atoms with Crippen LogP contribution in [0.25, 0.3) is 0 Å². The highest BCUT2D eigenvalue weighted by molar-refractivity contribution is 6.41. The Balaban J connectivity index is 3.01. The maximum Gasteiger partial charge on any atom is 0.276 e. The molecule has 1 rings (SSSR count). The largest absolute Gasteiger partial charge is 0.330 e. The molecule has 0 saturated heterocycles. The fraction of sp³-hybridized carbons (Fsp3) is 0.375. The van der Waals surface area contributed by atoms with E-state index in [1.54, 1.807) is 0 Å². The summed E-state index contributed by atoms with van der Waals surface area (Å²) in [6.07, 6.45) is 0.566. The Kier molecular flexibility index (Phi) is 3.64. The molecule has 14 heavy (non-hydrogen) atoms. The molecule has 0 aliphatic rings. The van der Waals surface area contributed by atoms with Gasteiger partial charge in [-0.1, -0.05) is 23.2 Å². The molecule has 2 nitrogen and oxygen atoms in total. The number of nitrogens with two attached hydrogens (primary N) is 1. The zero-order chi connectivity index (χ0) is 10.8. The standard InChI is InChI=1S/C8H8Cl2F2N2/c9-6-3-5(4-14-7(6)10)8(11,12)1-2-13/h3-4H,1-2,13H2. The molecule has 1 aromatic heterocycles. The number of rotatable bonds is 3. The van der Waals surface area contributed by atoms with E-state index in [4.69, 9.17) is 28.9 Å². The van der Waals surface area contributed by atoms with Crippen LogP contribution in [0.2, 0.25) is 10.2 Å². The van der Waals surface area contributed by atoms with Gasteiger partial charge < -0.3 is 5.73 Å². The molecule has 0 atom stereocenters. The Hall–Kier alpha value is -0.450. The predicted molar refractivity (Wildman–Crippen MR) is 51.8 cm³/mol. The van der Waals surface area contributed by atoms with Crippen LogP contribution in [0, 0.1) is 0 Å². The first-order valence-corrected chi connectivity index (χ1v) is 4.62. The van der Waals surface area contributed by atoms with Crippen LogP contribution in [0.1, 0.15) is 12.0 Å². The first-order chi connectivity index (χ1) is 6.47. The zero-order valence-electron chi connectivity index (χ0n) is 7.11. The summed E-state index contributed by atoms with van der Waals surface area (Å²) in [5.41, 5.74) is 4.79. The molecule has 0 aliphatic heterocycles. The number of pyridine rings is 1. The lowest BCUT2D eigenvalue weighted by Gasteiger charge is -2.15. The van der Waals surface area contributed by atoms with E-state index in [-0.39, 0.29) is 22.3 Å². The van der Waals surface area contributed by atoms with Gasteiger partial charge in [-0.3, -0.25) is 0 Å². The highest BCUT2D eigenvalue weighted by atomic mass is 35.5. The zero-order valence-corrected chi connectivity index (χ0v) is 8.62. The summed E-state index contributed by atoms with van der Waals surface area (Å²) < 4.78 is 26.5. The van der Waals surface area contributed by atoms with Gasteiger partial charge in [-0.2, -0.15) is 0 Å². The van der Waals surface area contributed by atoms with Gasteiger partial charge in [0.25, 0.3) is 5.92 Å². The van der Waals surface area contributed by atoms with Gasteiger partial charge >= 0.3 is 0 Å². The summed E-state index contributed by atoms with van der Waals surface area (Å²) in [5.74, 6) is -3.00. The minimum Gasteiger partial charge on any atom is -0.330 e. The summed E-state index contributed by atoms with van der Waals surface area (Å²) in [6.45, 7) is -0.104. The Labute approximate surface area is 90.0 Å². The number of hydrogen-bond donors (Lipinski definition) is 1.